The molecule has 0 aliphatic heterocycles. The van der Waals surface area contributed by atoms with E-state index in [-0.39, 0.29) is 0 Å². The second kappa shape index (κ2) is 4.02. The molecule has 4 nitrogen and oxygen atoms in total. The lowest BCUT2D eigenvalue weighted by atomic mass is 10.1. The minimum Gasteiger partial charge on any atom is -0.365 e. The van der Waals surface area contributed by atoms with E-state index < -0.39 is 5.91 Å². The first kappa shape index (κ1) is 11.6. The van der Waals surface area contributed by atoms with Gasteiger partial charge in [-0.15, -0.1) is 0 Å². The summed E-state index contributed by atoms with van der Waals surface area (Å²) in [6, 6.07) is 12.0. The Morgan fingerprint density at radius 3 is 2.63 bits per heavy atom. The van der Waals surface area contributed by atoms with E-state index in [9.17, 15) is 4.79 Å². The maximum Gasteiger partial charge on any atom is 0.252 e. The SMILES string of the molecule is CN(C)c1c(C(N)=O)cc2c3ccccc3ccn12. The number of anilines is 1. The first-order valence-corrected chi connectivity index (χ1v) is 6.09. The molecule has 4 heteroatoms. The molecule has 1 aromatic carbocycles. The van der Waals surface area contributed by atoms with Gasteiger partial charge in [0.1, 0.15) is 5.82 Å². The molecule has 19 heavy (non-hydrogen) atoms. The van der Waals surface area contributed by atoms with Gasteiger partial charge >= 0.3 is 0 Å². The van der Waals surface area contributed by atoms with Gasteiger partial charge in [0.05, 0.1) is 11.1 Å². The van der Waals surface area contributed by atoms with E-state index in [0.717, 1.165) is 22.1 Å². The van der Waals surface area contributed by atoms with Crippen molar-refractivity contribution in [2.75, 3.05) is 19.0 Å². The van der Waals surface area contributed by atoms with Crippen molar-refractivity contribution in [2.45, 2.75) is 0 Å². The predicted octanol–water partition coefficient (Wildman–Crippen LogP) is 2.26. The van der Waals surface area contributed by atoms with Crippen molar-refractivity contribution in [3.8, 4) is 0 Å². The molecule has 0 spiro atoms. The van der Waals surface area contributed by atoms with Crippen molar-refractivity contribution in [2.24, 2.45) is 5.73 Å². The van der Waals surface area contributed by atoms with Crippen LogP contribution in [0.25, 0.3) is 16.3 Å². The lowest BCUT2D eigenvalue weighted by Gasteiger charge is -2.14. The average molecular weight is 253 g/mol. The quantitative estimate of drug-likeness (QED) is 0.761. The second-order valence-corrected chi connectivity index (χ2v) is 4.80. The van der Waals surface area contributed by atoms with E-state index in [2.05, 4.69) is 12.1 Å². The minimum absolute atomic E-state index is 0.406. The highest BCUT2D eigenvalue weighted by molar-refractivity contribution is 6.05. The Labute approximate surface area is 111 Å². The molecule has 0 atom stereocenters. The van der Waals surface area contributed by atoms with Crippen molar-refractivity contribution in [1.82, 2.24) is 4.40 Å². The summed E-state index contributed by atoms with van der Waals surface area (Å²) in [6.45, 7) is 0. The topological polar surface area (TPSA) is 50.7 Å². The van der Waals surface area contributed by atoms with Gasteiger partial charge in [-0.1, -0.05) is 24.3 Å². The number of fused-ring (bicyclic) bond motifs is 3. The second-order valence-electron chi connectivity index (χ2n) is 4.80. The number of rotatable bonds is 2. The Bertz CT molecular complexity index is 787. The number of amides is 1. The summed E-state index contributed by atoms with van der Waals surface area (Å²) in [7, 11) is 3.81. The molecule has 0 aliphatic carbocycles. The van der Waals surface area contributed by atoms with Gasteiger partial charge in [0.25, 0.3) is 5.91 Å². The normalized spacial score (nSPS) is 11.1. The summed E-state index contributed by atoms with van der Waals surface area (Å²) in [5.41, 5.74) is 7.02. The maximum absolute atomic E-state index is 11.6. The van der Waals surface area contributed by atoms with Crippen molar-refractivity contribution in [1.29, 1.82) is 0 Å². The standard InChI is InChI=1S/C15H15N3O/c1-17(2)15-12(14(16)19)9-13-11-6-4-3-5-10(11)7-8-18(13)15/h3-9H,1-2H3,(H2,16,19). The number of carbonyl (C=O) groups is 1. The number of carbonyl (C=O) groups excluding carboxylic acids is 1. The number of hydrogen-bond acceptors (Lipinski definition) is 2. The third kappa shape index (κ3) is 1.64. The summed E-state index contributed by atoms with van der Waals surface area (Å²) < 4.78 is 2.00. The summed E-state index contributed by atoms with van der Waals surface area (Å²) in [5, 5.41) is 2.26. The van der Waals surface area contributed by atoms with Gasteiger partial charge in [-0.3, -0.25) is 4.79 Å². The summed E-state index contributed by atoms with van der Waals surface area (Å²) in [4.78, 5) is 13.5. The Morgan fingerprint density at radius 1 is 1.21 bits per heavy atom. The van der Waals surface area contributed by atoms with Crippen LogP contribution in [0.5, 0.6) is 0 Å². The molecular weight excluding hydrogens is 238 g/mol. The van der Waals surface area contributed by atoms with Crippen LogP contribution in [-0.4, -0.2) is 24.4 Å². The molecule has 0 saturated heterocycles. The molecule has 0 unspecified atom stereocenters. The van der Waals surface area contributed by atoms with E-state index in [4.69, 9.17) is 5.73 Å². The monoisotopic (exact) mass is 253 g/mol. The zero-order valence-electron chi connectivity index (χ0n) is 10.9. The molecule has 3 aromatic rings. The van der Waals surface area contributed by atoms with Crippen LogP contribution in [0.15, 0.2) is 42.6 Å². The first-order valence-electron chi connectivity index (χ1n) is 6.09. The third-order valence-electron chi connectivity index (χ3n) is 3.34. The highest BCUT2D eigenvalue weighted by atomic mass is 16.1. The van der Waals surface area contributed by atoms with Gasteiger partial charge in [-0.05, 0) is 17.5 Å². The third-order valence-corrected chi connectivity index (χ3v) is 3.34. The summed E-state index contributed by atoms with van der Waals surface area (Å²) in [5.74, 6) is 0.407. The van der Waals surface area contributed by atoms with Gasteiger partial charge in [-0.2, -0.15) is 0 Å². The molecule has 0 aliphatic rings. The van der Waals surface area contributed by atoms with Crippen LogP contribution in [0.4, 0.5) is 5.82 Å². The fraction of sp³-hybridized carbons (Fsp3) is 0.133. The molecule has 3 rings (SSSR count). The number of pyridine rings is 1. The highest BCUT2D eigenvalue weighted by Crippen LogP contribution is 2.29. The Morgan fingerprint density at radius 2 is 1.95 bits per heavy atom. The Balaban J connectivity index is 2.49. The fourth-order valence-electron chi connectivity index (χ4n) is 2.54. The van der Waals surface area contributed by atoms with Crippen molar-refractivity contribution in [3.05, 3.63) is 48.2 Å². The molecule has 0 bridgehead atoms. The van der Waals surface area contributed by atoms with Gasteiger partial charge in [0.2, 0.25) is 0 Å². The van der Waals surface area contributed by atoms with E-state index in [0.29, 0.717) is 5.56 Å². The number of aromatic nitrogens is 1. The van der Waals surface area contributed by atoms with Crippen LogP contribution in [0.1, 0.15) is 10.4 Å². The van der Waals surface area contributed by atoms with Crippen LogP contribution in [-0.2, 0) is 0 Å². The smallest absolute Gasteiger partial charge is 0.252 e. The van der Waals surface area contributed by atoms with Crippen LogP contribution in [0, 0.1) is 0 Å². The number of nitrogens with two attached hydrogens (primary N) is 1. The van der Waals surface area contributed by atoms with Crippen molar-refractivity contribution in [3.63, 3.8) is 0 Å². The molecule has 2 N–H and O–H groups in total. The summed E-state index contributed by atoms with van der Waals surface area (Å²) >= 11 is 0. The van der Waals surface area contributed by atoms with Crippen molar-refractivity contribution < 1.29 is 4.79 Å². The van der Waals surface area contributed by atoms with Crippen LogP contribution in [0.2, 0.25) is 0 Å². The largest absolute Gasteiger partial charge is 0.365 e. The van der Waals surface area contributed by atoms with Crippen molar-refractivity contribution >= 4 is 28.0 Å². The van der Waals surface area contributed by atoms with Gasteiger partial charge in [-0.25, -0.2) is 0 Å². The molecule has 1 amide bonds. The molecule has 2 aromatic heterocycles. The first-order chi connectivity index (χ1) is 9.09. The molecule has 0 saturated carbocycles. The molecular formula is C15H15N3O. The van der Waals surface area contributed by atoms with E-state index in [1.165, 1.54) is 0 Å². The predicted molar refractivity (Wildman–Crippen MR) is 77.7 cm³/mol. The minimum atomic E-state index is -0.406. The van der Waals surface area contributed by atoms with Gasteiger partial charge in [0.15, 0.2) is 0 Å². The van der Waals surface area contributed by atoms with Gasteiger partial charge in [0, 0.05) is 25.7 Å². The van der Waals surface area contributed by atoms with Gasteiger partial charge < -0.3 is 15.0 Å². The highest BCUT2D eigenvalue weighted by Gasteiger charge is 2.17. The fourth-order valence-corrected chi connectivity index (χ4v) is 2.54. The molecule has 0 fully saturated rings. The Kier molecular flexibility index (Phi) is 2.45. The van der Waals surface area contributed by atoms with E-state index >= 15 is 0 Å². The average Bonchev–Trinajstić information content (AvgIpc) is 2.78. The molecule has 96 valence electrons. The zero-order chi connectivity index (χ0) is 13.6. The Hall–Kier alpha value is -2.49. The zero-order valence-corrected chi connectivity index (χ0v) is 10.9. The van der Waals surface area contributed by atoms with Crippen LogP contribution >= 0.6 is 0 Å². The lowest BCUT2D eigenvalue weighted by molar-refractivity contribution is 0.100. The number of hydrogen-bond donors (Lipinski definition) is 1. The van der Waals surface area contributed by atoms with E-state index in [1.807, 2.05) is 53.9 Å². The lowest BCUT2D eigenvalue weighted by Crippen LogP contribution is -2.18. The molecule has 0 radical (unpaired) electrons. The summed E-state index contributed by atoms with van der Waals surface area (Å²) in [6.07, 6.45) is 1.97. The molecule has 2 heterocycles. The van der Waals surface area contributed by atoms with E-state index in [1.54, 1.807) is 0 Å². The van der Waals surface area contributed by atoms with Crippen LogP contribution in [0.3, 0.4) is 0 Å². The number of nitrogens with zero attached hydrogens (tertiary/aromatic N) is 2. The van der Waals surface area contributed by atoms with Crippen LogP contribution < -0.4 is 10.6 Å². The number of primary amides is 1. The number of benzene rings is 1. The maximum atomic E-state index is 11.6.